The number of benzene rings is 2. The van der Waals surface area contributed by atoms with Crippen molar-refractivity contribution in [2.45, 2.75) is 51.5 Å². The van der Waals surface area contributed by atoms with Crippen LogP contribution in [0.25, 0.3) is 11.5 Å². The minimum absolute atomic E-state index is 0.0875. The van der Waals surface area contributed by atoms with Gasteiger partial charge in [0.2, 0.25) is 10.0 Å². The summed E-state index contributed by atoms with van der Waals surface area (Å²) in [6.07, 6.45) is 0. The minimum atomic E-state index is -3.88. The summed E-state index contributed by atoms with van der Waals surface area (Å²) in [6.45, 7) is 9.17. The van der Waals surface area contributed by atoms with Crippen LogP contribution in [0.4, 0.5) is 5.69 Å². The van der Waals surface area contributed by atoms with Crippen LogP contribution in [0.1, 0.15) is 55.4 Å². The van der Waals surface area contributed by atoms with Crippen molar-refractivity contribution in [2.24, 2.45) is 0 Å². The summed E-state index contributed by atoms with van der Waals surface area (Å²) in [5.41, 5.74) is 2.02. The van der Waals surface area contributed by atoms with Gasteiger partial charge in [0.05, 0.1) is 18.4 Å². The van der Waals surface area contributed by atoms with Crippen LogP contribution >= 0.6 is 0 Å². The van der Waals surface area contributed by atoms with Gasteiger partial charge in [0.1, 0.15) is 10.6 Å². The van der Waals surface area contributed by atoms with Gasteiger partial charge in [-0.25, -0.2) is 13.1 Å². The van der Waals surface area contributed by atoms with E-state index in [0.29, 0.717) is 17.1 Å². The van der Waals surface area contributed by atoms with E-state index < -0.39 is 15.9 Å². The van der Waals surface area contributed by atoms with E-state index >= 15 is 0 Å². The zero-order valence-electron chi connectivity index (χ0n) is 19.5. The molecule has 0 saturated heterocycles. The number of nitrogens with one attached hydrogen (secondary N) is 2. The van der Waals surface area contributed by atoms with E-state index in [1.165, 1.54) is 25.3 Å². The number of methoxy groups -OCH3 is 1. The number of carbonyl (C=O) groups is 1. The third kappa shape index (κ3) is 5.40. The Bertz CT molecular complexity index is 1270. The van der Waals surface area contributed by atoms with Crippen LogP contribution in [-0.2, 0) is 10.0 Å². The van der Waals surface area contributed by atoms with E-state index in [-0.39, 0.29) is 34.1 Å². The highest BCUT2D eigenvalue weighted by Gasteiger charge is 2.24. The van der Waals surface area contributed by atoms with Crippen molar-refractivity contribution in [1.29, 1.82) is 0 Å². The summed E-state index contributed by atoms with van der Waals surface area (Å²) in [5.74, 6) is 0.592. The SMILES string of the molecule is COc1ccc(C(=O)Nc2c(C)cccc2-c2nc(C(C)C)no2)cc1S(=O)(=O)NC(C)C. The van der Waals surface area contributed by atoms with Gasteiger partial charge in [0.15, 0.2) is 5.82 Å². The van der Waals surface area contributed by atoms with Crippen molar-refractivity contribution in [2.75, 3.05) is 12.4 Å². The van der Waals surface area contributed by atoms with E-state index in [1.54, 1.807) is 19.9 Å². The topological polar surface area (TPSA) is 123 Å². The Morgan fingerprint density at radius 3 is 2.45 bits per heavy atom. The second-order valence-corrected chi connectivity index (χ2v) is 9.89. The maximum atomic E-state index is 13.1. The average Bonchev–Trinajstić information content (AvgIpc) is 3.24. The van der Waals surface area contributed by atoms with E-state index in [9.17, 15) is 13.2 Å². The molecule has 0 fully saturated rings. The first-order valence-electron chi connectivity index (χ1n) is 10.5. The van der Waals surface area contributed by atoms with Gasteiger partial charge in [-0.15, -0.1) is 0 Å². The Balaban J connectivity index is 1.99. The molecule has 1 aromatic heterocycles. The van der Waals surface area contributed by atoms with Gasteiger partial charge in [0.25, 0.3) is 11.8 Å². The predicted octanol–water partition coefficient (Wildman–Crippen LogP) is 4.12. The molecule has 176 valence electrons. The number of aromatic nitrogens is 2. The first-order valence-corrected chi connectivity index (χ1v) is 12.0. The molecule has 0 aliphatic rings. The smallest absolute Gasteiger partial charge is 0.260 e. The fourth-order valence-corrected chi connectivity index (χ4v) is 4.62. The lowest BCUT2D eigenvalue weighted by Crippen LogP contribution is -2.30. The lowest BCUT2D eigenvalue weighted by molar-refractivity contribution is 0.102. The number of sulfonamides is 1. The van der Waals surface area contributed by atoms with Crippen molar-refractivity contribution in [1.82, 2.24) is 14.9 Å². The zero-order valence-corrected chi connectivity index (χ0v) is 20.3. The Labute approximate surface area is 193 Å². The van der Waals surface area contributed by atoms with Gasteiger partial charge in [-0.1, -0.05) is 31.1 Å². The maximum absolute atomic E-state index is 13.1. The first-order chi connectivity index (χ1) is 15.5. The highest BCUT2D eigenvalue weighted by atomic mass is 32.2. The molecule has 0 spiro atoms. The number of hydrogen-bond donors (Lipinski definition) is 2. The number of carbonyl (C=O) groups excluding carboxylic acids is 1. The third-order valence-corrected chi connectivity index (χ3v) is 6.49. The second-order valence-electron chi connectivity index (χ2n) is 8.21. The van der Waals surface area contributed by atoms with Gasteiger partial charge in [0, 0.05) is 17.5 Å². The summed E-state index contributed by atoms with van der Waals surface area (Å²) >= 11 is 0. The zero-order chi connectivity index (χ0) is 24.3. The Morgan fingerprint density at radius 2 is 1.85 bits per heavy atom. The van der Waals surface area contributed by atoms with Crippen molar-refractivity contribution in [3.8, 4) is 17.2 Å². The van der Waals surface area contributed by atoms with Gasteiger partial charge >= 0.3 is 0 Å². The molecule has 0 aliphatic carbocycles. The fourth-order valence-electron chi connectivity index (χ4n) is 3.18. The quantitative estimate of drug-likeness (QED) is 0.505. The molecule has 0 radical (unpaired) electrons. The number of aryl methyl sites for hydroxylation is 1. The Hall–Kier alpha value is -3.24. The standard InChI is InChI=1S/C23H28N4O5S/c1-13(2)21-25-23(32-26-21)17-9-7-8-15(5)20(17)24-22(28)16-10-11-18(31-6)19(12-16)33(29,30)27-14(3)4/h7-14,27H,1-6H3,(H,24,28). The van der Waals surface area contributed by atoms with Gasteiger partial charge < -0.3 is 14.6 Å². The van der Waals surface area contributed by atoms with Gasteiger partial charge in [-0.05, 0) is 50.6 Å². The molecule has 2 N–H and O–H groups in total. The highest BCUT2D eigenvalue weighted by Crippen LogP contribution is 2.32. The number of ether oxygens (including phenoxy) is 1. The van der Waals surface area contributed by atoms with Crippen molar-refractivity contribution in [3.05, 3.63) is 53.3 Å². The molecule has 9 nitrogen and oxygen atoms in total. The predicted molar refractivity (Wildman–Crippen MR) is 125 cm³/mol. The number of amides is 1. The third-order valence-electron chi connectivity index (χ3n) is 4.81. The second kappa shape index (κ2) is 9.72. The normalized spacial score (nSPS) is 11.8. The van der Waals surface area contributed by atoms with Crippen LogP contribution in [0.2, 0.25) is 0 Å². The number of anilines is 1. The largest absolute Gasteiger partial charge is 0.495 e. The summed E-state index contributed by atoms with van der Waals surface area (Å²) in [4.78, 5) is 17.4. The lowest BCUT2D eigenvalue weighted by atomic mass is 10.1. The molecule has 1 heterocycles. The monoisotopic (exact) mass is 472 g/mol. The summed E-state index contributed by atoms with van der Waals surface area (Å²) in [6, 6.07) is 9.37. The maximum Gasteiger partial charge on any atom is 0.260 e. The number of nitrogens with zero attached hydrogens (tertiary/aromatic N) is 2. The number of rotatable bonds is 8. The van der Waals surface area contributed by atoms with Crippen LogP contribution in [0.3, 0.4) is 0 Å². The van der Waals surface area contributed by atoms with Crippen LogP contribution in [-0.4, -0.2) is 37.6 Å². The van der Waals surface area contributed by atoms with Crippen LogP contribution < -0.4 is 14.8 Å². The Morgan fingerprint density at radius 1 is 1.12 bits per heavy atom. The van der Waals surface area contributed by atoms with E-state index in [1.807, 2.05) is 32.9 Å². The molecule has 0 atom stereocenters. The van der Waals surface area contributed by atoms with Gasteiger partial charge in [-0.3, -0.25) is 4.79 Å². The van der Waals surface area contributed by atoms with Crippen molar-refractivity contribution < 1.29 is 22.5 Å². The molecule has 3 rings (SSSR count). The highest BCUT2D eigenvalue weighted by molar-refractivity contribution is 7.89. The van der Waals surface area contributed by atoms with Crippen molar-refractivity contribution >= 4 is 21.6 Å². The van der Waals surface area contributed by atoms with Crippen LogP contribution in [0, 0.1) is 6.92 Å². The first kappa shape index (κ1) is 24.4. The molecule has 33 heavy (non-hydrogen) atoms. The van der Waals surface area contributed by atoms with E-state index in [0.717, 1.165) is 5.56 Å². The van der Waals surface area contributed by atoms with Crippen molar-refractivity contribution in [3.63, 3.8) is 0 Å². The molecule has 0 saturated carbocycles. The molecule has 0 aliphatic heterocycles. The van der Waals surface area contributed by atoms with Gasteiger partial charge in [-0.2, -0.15) is 4.98 Å². The molecular formula is C23H28N4O5S. The average molecular weight is 473 g/mol. The molecule has 0 bridgehead atoms. The molecular weight excluding hydrogens is 444 g/mol. The molecule has 1 amide bonds. The Kier molecular flexibility index (Phi) is 7.19. The fraction of sp³-hybridized carbons (Fsp3) is 0.348. The summed E-state index contributed by atoms with van der Waals surface area (Å²) in [5, 5.41) is 6.86. The number of hydrogen-bond acceptors (Lipinski definition) is 7. The summed E-state index contributed by atoms with van der Waals surface area (Å²) < 4.78 is 38.6. The van der Waals surface area contributed by atoms with E-state index in [2.05, 4.69) is 20.2 Å². The molecule has 2 aromatic carbocycles. The molecule has 10 heteroatoms. The molecule has 3 aromatic rings. The summed E-state index contributed by atoms with van der Waals surface area (Å²) in [7, 11) is -2.51. The number of para-hydroxylation sites is 1. The lowest BCUT2D eigenvalue weighted by Gasteiger charge is -2.15. The minimum Gasteiger partial charge on any atom is -0.495 e. The van der Waals surface area contributed by atoms with Crippen LogP contribution in [0.15, 0.2) is 45.8 Å². The van der Waals surface area contributed by atoms with Crippen LogP contribution in [0.5, 0.6) is 5.75 Å². The molecule has 0 unspecified atom stereocenters. The van der Waals surface area contributed by atoms with E-state index in [4.69, 9.17) is 9.26 Å².